The van der Waals surface area contributed by atoms with Gasteiger partial charge in [0, 0.05) is 30.0 Å². The van der Waals surface area contributed by atoms with Gasteiger partial charge >= 0.3 is 0 Å². The number of ether oxygens (including phenoxy) is 3. The molecule has 0 spiro atoms. The van der Waals surface area contributed by atoms with Gasteiger partial charge in [0.05, 0.1) is 32.3 Å². The highest BCUT2D eigenvalue weighted by atomic mass is 16.5. The zero-order chi connectivity index (χ0) is 20.5. The first-order chi connectivity index (χ1) is 14.0. The number of aryl methyl sites for hydroxylation is 1. The van der Waals surface area contributed by atoms with Crippen LogP contribution < -0.4 is 19.5 Å². The SMILES string of the molecule is COc1ccc(-c2cn3ncc(C)c3c(OC(C)[C@H]3CNC(=O)C3)n2)cc1OC. The van der Waals surface area contributed by atoms with Crippen molar-refractivity contribution in [1.29, 1.82) is 0 Å². The maximum absolute atomic E-state index is 11.6. The number of carbonyl (C=O) groups is 1. The Morgan fingerprint density at radius 1 is 1.24 bits per heavy atom. The highest BCUT2D eigenvalue weighted by Crippen LogP contribution is 2.34. The molecule has 1 unspecified atom stereocenters. The third kappa shape index (κ3) is 3.57. The minimum atomic E-state index is -0.166. The number of fused-ring (bicyclic) bond motifs is 1. The van der Waals surface area contributed by atoms with Gasteiger partial charge in [0.2, 0.25) is 11.8 Å². The van der Waals surface area contributed by atoms with Crippen molar-refractivity contribution in [3.05, 3.63) is 36.2 Å². The number of methoxy groups -OCH3 is 2. The predicted molar refractivity (Wildman–Crippen MR) is 107 cm³/mol. The summed E-state index contributed by atoms with van der Waals surface area (Å²) in [5.74, 6) is 1.94. The van der Waals surface area contributed by atoms with Crippen molar-refractivity contribution in [3.8, 4) is 28.6 Å². The Balaban J connectivity index is 1.74. The summed E-state index contributed by atoms with van der Waals surface area (Å²) in [6.45, 7) is 4.56. The molecule has 1 aliphatic heterocycles. The average molecular weight is 396 g/mol. The highest BCUT2D eigenvalue weighted by molar-refractivity contribution is 5.78. The Kier molecular flexibility index (Phi) is 5.00. The van der Waals surface area contributed by atoms with Crippen LogP contribution in [0.3, 0.4) is 0 Å². The van der Waals surface area contributed by atoms with E-state index in [1.165, 1.54) is 0 Å². The number of aromatic nitrogens is 3. The van der Waals surface area contributed by atoms with Crippen LogP contribution in [0.25, 0.3) is 16.8 Å². The molecule has 1 N–H and O–H groups in total. The van der Waals surface area contributed by atoms with Gasteiger partial charge in [-0.2, -0.15) is 5.10 Å². The van der Waals surface area contributed by atoms with E-state index in [0.717, 1.165) is 16.6 Å². The van der Waals surface area contributed by atoms with Crippen molar-refractivity contribution in [2.24, 2.45) is 5.92 Å². The molecule has 1 aromatic carbocycles. The number of amides is 1. The lowest BCUT2D eigenvalue weighted by Gasteiger charge is -2.20. The first kappa shape index (κ1) is 19.0. The molecular formula is C21H24N4O4. The molecule has 0 aliphatic carbocycles. The van der Waals surface area contributed by atoms with Crippen LogP contribution in [0.1, 0.15) is 18.9 Å². The Labute approximate surface area is 168 Å². The van der Waals surface area contributed by atoms with Gasteiger partial charge in [-0.3, -0.25) is 4.79 Å². The van der Waals surface area contributed by atoms with Crippen molar-refractivity contribution in [2.75, 3.05) is 20.8 Å². The molecule has 8 nitrogen and oxygen atoms in total. The molecule has 2 atom stereocenters. The van der Waals surface area contributed by atoms with E-state index in [4.69, 9.17) is 19.2 Å². The smallest absolute Gasteiger partial charge is 0.241 e. The first-order valence-electron chi connectivity index (χ1n) is 9.51. The minimum absolute atomic E-state index is 0.0585. The molecule has 3 aromatic rings. The van der Waals surface area contributed by atoms with Crippen LogP contribution in [0.2, 0.25) is 0 Å². The Morgan fingerprint density at radius 3 is 2.72 bits per heavy atom. The Morgan fingerprint density at radius 2 is 2.03 bits per heavy atom. The summed E-state index contributed by atoms with van der Waals surface area (Å²) in [5, 5.41) is 7.29. The summed E-state index contributed by atoms with van der Waals surface area (Å²) >= 11 is 0. The third-order valence-electron chi connectivity index (χ3n) is 5.30. The van der Waals surface area contributed by atoms with Crippen molar-refractivity contribution in [2.45, 2.75) is 26.4 Å². The van der Waals surface area contributed by atoms with Gasteiger partial charge < -0.3 is 19.5 Å². The minimum Gasteiger partial charge on any atom is -0.493 e. The molecule has 3 heterocycles. The number of benzene rings is 1. The van der Waals surface area contributed by atoms with Crippen molar-refractivity contribution in [1.82, 2.24) is 19.9 Å². The summed E-state index contributed by atoms with van der Waals surface area (Å²) in [7, 11) is 3.20. The maximum Gasteiger partial charge on any atom is 0.241 e. The molecule has 1 aliphatic rings. The molecule has 0 radical (unpaired) electrons. The van der Waals surface area contributed by atoms with E-state index < -0.39 is 0 Å². The van der Waals surface area contributed by atoms with E-state index >= 15 is 0 Å². The van der Waals surface area contributed by atoms with Gasteiger partial charge in [0.25, 0.3) is 0 Å². The highest BCUT2D eigenvalue weighted by Gasteiger charge is 2.29. The largest absolute Gasteiger partial charge is 0.493 e. The molecule has 1 fully saturated rings. The Hall–Kier alpha value is -3.29. The van der Waals surface area contributed by atoms with Gasteiger partial charge in [-0.05, 0) is 32.0 Å². The maximum atomic E-state index is 11.6. The molecule has 4 rings (SSSR count). The van der Waals surface area contributed by atoms with Crippen LogP contribution in [0.4, 0.5) is 0 Å². The topological polar surface area (TPSA) is 87.0 Å². The van der Waals surface area contributed by atoms with Gasteiger partial charge in [0.1, 0.15) is 11.6 Å². The summed E-state index contributed by atoms with van der Waals surface area (Å²) in [5.41, 5.74) is 3.34. The molecular weight excluding hydrogens is 372 g/mol. The molecule has 152 valence electrons. The summed E-state index contributed by atoms with van der Waals surface area (Å²) in [6, 6.07) is 5.63. The van der Waals surface area contributed by atoms with Crippen molar-refractivity contribution in [3.63, 3.8) is 0 Å². The van der Waals surface area contributed by atoms with Crippen LogP contribution >= 0.6 is 0 Å². The standard InChI is InChI=1S/C21H24N4O4/c1-12-9-23-25-11-16(14-5-6-17(27-3)18(7-14)28-4)24-21(20(12)25)29-13(2)15-8-19(26)22-10-15/h5-7,9,11,13,15H,8,10H2,1-4H3,(H,22,26)/t13?,15-/m1/s1. The van der Waals surface area contributed by atoms with E-state index in [2.05, 4.69) is 10.4 Å². The summed E-state index contributed by atoms with van der Waals surface area (Å²) in [4.78, 5) is 16.3. The van der Waals surface area contributed by atoms with E-state index in [0.29, 0.717) is 36.0 Å². The average Bonchev–Trinajstić information content (AvgIpc) is 3.33. The fourth-order valence-corrected chi connectivity index (χ4v) is 3.57. The van der Waals surface area contributed by atoms with E-state index in [9.17, 15) is 4.79 Å². The fourth-order valence-electron chi connectivity index (χ4n) is 3.57. The van der Waals surface area contributed by atoms with Crippen LogP contribution in [-0.2, 0) is 4.79 Å². The third-order valence-corrected chi connectivity index (χ3v) is 5.30. The van der Waals surface area contributed by atoms with Crippen LogP contribution in [0.5, 0.6) is 17.4 Å². The molecule has 1 saturated heterocycles. The van der Waals surface area contributed by atoms with Gasteiger partial charge in [-0.1, -0.05) is 0 Å². The number of hydrogen-bond donors (Lipinski definition) is 1. The summed E-state index contributed by atoms with van der Waals surface area (Å²) < 4.78 is 18.8. The molecule has 2 aromatic heterocycles. The normalized spacial score (nSPS) is 17.2. The second-order valence-corrected chi connectivity index (χ2v) is 7.21. The van der Waals surface area contributed by atoms with Gasteiger partial charge in [0.15, 0.2) is 11.5 Å². The molecule has 8 heteroatoms. The van der Waals surface area contributed by atoms with E-state index in [1.54, 1.807) is 24.9 Å². The van der Waals surface area contributed by atoms with Crippen molar-refractivity contribution >= 4 is 11.4 Å². The molecule has 1 amide bonds. The summed E-state index contributed by atoms with van der Waals surface area (Å²) in [6.07, 6.45) is 3.95. The van der Waals surface area contributed by atoms with Crippen LogP contribution in [0, 0.1) is 12.8 Å². The Bertz CT molecular complexity index is 1060. The molecule has 29 heavy (non-hydrogen) atoms. The number of hydrogen-bond acceptors (Lipinski definition) is 6. The molecule has 0 bridgehead atoms. The second-order valence-electron chi connectivity index (χ2n) is 7.21. The number of nitrogens with zero attached hydrogens (tertiary/aromatic N) is 3. The quantitative estimate of drug-likeness (QED) is 0.689. The number of nitrogens with one attached hydrogen (secondary N) is 1. The fraction of sp³-hybridized carbons (Fsp3) is 0.381. The number of rotatable bonds is 6. The predicted octanol–water partition coefficient (Wildman–Crippen LogP) is 2.63. The lowest BCUT2D eigenvalue weighted by atomic mass is 10.0. The van der Waals surface area contributed by atoms with Crippen LogP contribution in [-0.4, -0.2) is 47.4 Å². The van der Waals surface area contributed by atoms with Gasteiger partial charge in [-0.25, -0.2) is 9.50 Å². The van der Waals surface area contributed by atoms with Crippen LogP contribution in [0.15, 0.2) is 30.6 Å². The molecule has 0 saturated carbocycles. The number of carbonyl (C=O) groups excluding carboxylic acids is 1. The van der Waals surface area contributed by atoms with Gasteiger partial charge in [-0.15, -0.1) is 0 Å². The second kappa shape index (κ2) is 7.62. The monoisotopic (exact) mass is 396 g/mol. The zero-order valence-electron chi connectivity index (χ0n) is 16.9. The lowest BCUT2D eigenvalue weighted by molar-refractivity contribution is -0.119. The van der Waals surface area contributed by atoms with Crippen molar-refractivity contribution < 1.29 is 19.0 Å². The first-order valence-corrected chi connectivity index (χ1v) is 9.51. The van der Waals surface area contributed by atoms with E-state index in [1.807, 2.05) is 38.2 Å². The zero-order valence-corrected chi connectivity index (χ0v) is 16.9. The lowest BCUT2D eigenvalue weighted by Crippen LogP contribution is -2.26. The van der Waals surface area contributed by atoms with E-state index in [-0.39, 0.29) is 17.9 Å².